The number of nitrogens with one attached hydrogen (secondary N) is 2. The maximum atomic E-state index is 12.8. The first-order valence-corrected chi connectivity index (χ1v) is 8.65. The van der Waals surface area contributed by atoms with E-state index in [0.29, 0.717) is 16.9 Å². The van der Waals surface area contributed by atoms with Gasteiger partial charge in [-0.25, -0.2) is 9.50 Å². The molecule has 1 atom stereocenters. The fourth-order valence-electron chi connectivity index (χ4n) is 3.10. The number of aromatic amines is 1. The number of pyridine rings is 2. The molecule has 2 N–H and O–H groups in total. The number of rotatable bonds is 4. The summed E-state index contributed by atoms with van der Waals surface area (Å²) in [6, 6.07) is 3.23. The number of hydrogen-bond donors (Lipinski definition) is 2. The summed E-state index contributed by atoms with van der Waals surface area (Å²) in [4.78, 5) is 19.7. The summed E-state index contributed by atoms with van der Waals surface area (Å²) in [5, 5.41) is 6.78. The minimum Gasteiger partial charge on any atom is -0.496 e. The monoisotopic (exact) mass is 403 g/mol. The number of amides is 1. The first kappa shape index (κ1) is 18.8. The second kappa shape index (κ2) is 6.80. The third-order valence-corrected chi connectivity index (χ3v) is 4.67. The third kappa shape index (κ3) is 3.26. The Bertz CT molecular complexity index is 1210. The van der Waals surface area contributed by atoms with E-state index < -0.39 is 18.1 Å². The average Bonchev–Trinajstić information content (AvgIpc) is 3.30. The summed E-state index contributed by atoms with van der Waals surface area (Å²) in [6.07, 6.45) is 1.72. The molecule has 4 heterocycles. The Morgan fingerprint density at radius 2 is 2.14 bits per heavy atom. The van der Waals surface area contributed by atoms with Crippen LogP contribution in [0.5, 0.6) is 5.75 Å². The quantitative estimate of drug-likeness (QED) is 0.546. The second-order valence-corrected chi connectivity index (χ2v) is 6.48. The predicted octanol–water partition coefficient (Wildman–Crippen LogP) is 3.57. The first-order valence-electron chi connectivity index (χ1n) is 8.65. The van der Waals surface area contributed by atoms with Crippen LogP contribution in [-0.2, 0) is 0 Å². The van der Waals surface area contributed by atoms with Crippen LogP contribution in [0.4, 0.5) is 13.2 Å². The molecule has 1 amide bonds. The van der Waals surface area contributed by atoms with Crippen molar-refractivity contribution >= 4 is 22.5 Å². The van der Waals surface area contributed by atoms with Crippen LogP contribution in [0.2, 0.25) is 0 Å². The number of halogens is 3. The molecule has 0 spiro atoms. The molecule has 10 heteroatoms. The Morgan fingerprint density at radius 1 is 1.34 bits per heavy atom. The molecule has 4 aromatic rings. The Morgan fingerprint density at radius 3 is 2.86 bits per heavy atom. The van der Waals surface area contributed by atoms with Crippen LogP contribution in [0.1, 0.15) is 17.3 Å². The van der Waals surface area contributed by atoms with Crippen LogP contribution < -0.4 is 10.1 Å². The van der Waals surface area contributed by atoms with E-state index in [1.54, 1.807) is 43.9 Å². The summed E-state index contributed by atoms with van der Waals surface area (Å²) in [6.45, 7) is 0.889. The number of fused-ring (bicyclic) bond motifs is 2. The number of ether oxygens (including phenoxy) is 1. The number of carbonyl (C=O) groups excluding carboxylic acids is 1. The smallest absolute Gasteiger partial charge is 0.408 e. The van der Waals surface area contributed by atoms with E-state index in [0.717, 1.165) is 23.4 Å². The van der Waals surface area contributed by atoms with Crippen molar-refractivity contribution in [2.45, 2.75) is 19.1 Å². The first-order chi connectivity index (χ1) is 13.8. The van der Waals surface area contributed by atoms with Gasteiger partial charge in [-0.3, -0.25) is 4.79 Å². The van der Waals surface area contributed by atoms with E-state index in [-0.39, 0.29) is 5.56 Å². The molecule has 0 saturated carbocycles. The van der Waals surface area contributed by atoms with Gasteiger partial charge in [-0.05, 0) is 30.7 Å². The predicted molar refractivity (Wildman–Crippen MR) is 99.8 cm³/mol. The molecule has 0 aliphatic heterocycles. The van der Waals surface area contributed by atoms with Crippen molar-refractivity contribution in [2.75, 3.05) is 7.11 Å². The number of methoxy groups -OCH3 is 1. The molecule has 0 unspecified atom stereocenters. The maximum Gasteiger partial charge on any atom is 0.408 e. The highest BCUT2D eigenvalue weighted by atomic mass is 19.4. The number of alkyl halides is 3. The third-order valence-electron chi connectivity index (χ3n) is 4.67. The Labute approximate surface area is 162 Å². The van der Waals surface area contributed by atoms with Gasteiger partial charge < -0.3 is 15.0 Å². The minimum absolute atomic E-state index is 0.0490. The fourth-order valence-corrected chi connectivity index (χ4v) is 3.10. The van der Waals surface area contributed by atoms with Gasteiger partial charge in [0.25, 0.3) is 5.91 Å². The normalized spacial score (nSPS) is 13.0. The molecular weight excluding hydrogens is 387 g/mol. The highest BCUT2D eigenvalue weighted by molar-refractivity contribution is 6.03. The Balaban J connectivity index is 1.78. The van der Waals surface area contributed by atoms with Crippen molar-refractivity contribution in [1.82, 2.24) is 24.9 Å². The molecular formula is C19H16F3N5O2. The van der Waals surface area contributed by atoms with Crippen LogP contribution in [-0.4, -0.2) is 44.8 Å². The van der Waals surface area contributed by atoms with E-state index in [1.807, 2.05) is 5.32 Å². The van der Waals surface area contributed by atoms with Gasteiger partial charge in [0.2, 0.25) is 0 Å². The highest BCUT2D eigenvalue weighted by Gasteiger charge is 2.37. The highest BCUT2D eigenvalue weighted by Crippen LogP contribution is 2.34. The lowest BCUT2D eigenvalue weighted by Crippen LogP contribution is -2.43. The molecule has 29 heavy (non-hydrogen) atoms. The summed E-state index contributed by atoms with van der Waals surface area (Å²) >= 11 is 0. The lowest BCUT2D eigenvalue weighted by Gasteiger charge is -2.16. The SMILES string of the molecule is COc1ccnc2[nH]cc(-c3ccn4ncc(C(=O)N[C@H](C)C(F)(F)F)c4c3)c12. The summed E-state index contributed by atoms with van der Waals surface area (Å²) in [5.41, 5.74) is 2.57. The van der Waals surface area contributed by atoms with Crippen molar-refractivity contribution in [2.24, 2.45) is 0 Å². The van der Waals surface area contributed by atoms with Gasteiger partial charge in [0, 0.05) is 24.2 Å². The van der Waals surface area contributed by atoms with Gasteiger partial charge in [-0.1, -0.05) is 0 Å². The maximum absolute atomic E-state index is 12.8. The van der Waals surface area contributed by atoms with Gasteiger partial charge in [0.1, 0.15) is 17.4 Å². The zero-order valence-electron chi connectivity index (χ0n) is 15.4. The molecule has 0 aliphatic carbocycles. The van der Waals surface area contributed by atoms with E-state index in [2.05, 4.69) is 15.1 Å². The van der Waals surface area contributed by atoms with Gasteiger partial charge in [-0.2, -0.15) is 18.3 Å². The van der Waals surface area contributed by atoms with Crippen LogP contribution >= 0.6 is 0 Å². The van der Waals surface area contributed by atoms with E-state index in [9.17, 15) is 18.0 Å². The molecule has 0 bridgehead atoms. The number of carbonyl (C=O) groups is 1. The average molecular weight is 403 g/mol. The number of nitrogens with zero attached hydrogens (tertiary/aromatic N) is 3. The van der Waals surface area contributed by atoms with Crippen molar-refractivity contribution in [3.63, 3.8) is 0 Å². The van der Waals surface area contributed by atoms with Gasteiger partial charge in [-0.15, -0.1) is 0 Å². The Kier molecular flexibility index (Phi) is 4.40. The zero-order chi connectivity index (χ0) is 20.8. The molecule has 4 aromatic heterocycles. The zero-order valence-corrected chi connectivity index (χ0v) is 15.4. The van der Waals surface area contributed by atoms with Crippen molar-refractivity contribution in [1.29, 1.82) is 0 Å². The molecule has 0 aliphatic rings. The van der Waals surface area contributed by atoms with Gasteiger partial charge >= 0.3 is 6.18 Å². The standard InChI is InChI=1S/C19H16F3N5O2/c1-10(19(20,21)22)26-18(28)13-9-25-27-6-4-11(7-14(13)27)12-8-24-17-16(12)15(29-2)3-5-23-17/h3-10H,1-2H3,(H,23,24)(H,26,28)/t10-/m1/s1. The number of H-pyrrole nitrogens is 1. The molecule has 150 valence electrons. The fraction of sp³-hybridized carbons (Fsp3) is 0.211. The molecule has 7 nitrogen and oxygen atoms in total. The van der Waals surface area contributed by atoms with Crippen LogP contribution in [0.15, 0.2) is 43.0 Å². The van der Waals surface area contributed by atoms with E-state index in [4.69, 9.17) is 4.74 Å². The summed E-state index contributed by atoms with van der Waals surface area (Å²) < 4.78 is 45.2. The molecule has 0 radical (unpaired) electrons. The Hall–Kier alpha value is -3.56. The largest absolute Gasteiger partial charge is 0.496 e. The molecule has 4 rings (SSSR count). The van der Waals surface area contributed by atoms with Crippen molar-refractivity contribution in [3.05, 3.63) is 48.5 Å². The lowest BCUT2D eigenvalue weighted by atomic mass is 10.1. The summed E-state index contributed by atoms with van der Waals surface area (Å²) in [5.74, 6) is -0.225. The van der Waals surface area contributed by atoms with Crippen molar-refractivity contribution in [3.8, 4) is 16.9 Å². The minimum atomic E-state index is -4.53. The molecule has 0 fully saturated rings. The van der Waals surface area contributed by atoms with Crippen LogP contribution in [0.3, 0.4) is 0 Å². The number of aromatic nitrogens is 4. The van der Waals surface area contributed by atoms with Crippen LogP contribution in [0, 0.1) is 0 Å². The van der Waals surface area contributed by atoms with Crippen molar-refractivity contribution < 1.29 is 22.7 Å². The lowest BCUT2D eigenvalue weighted by molar-refractivity contribution is -0.149. The number of hydrogen-bond acceptors (Lipinski definition) is 4. The van der Waals surface area contributed by atoms with Crippen LogP contribution in [0.25, 0.3) is 27.7 Å². The van der Waals surface area contributed by atoms with E-state index >= 15 is 0 Å². The van der Waals surface area contributed by atoms with Gasteiger partial charge in [0.05, 0.1) is 29.8 Å². The molecule has 0 aromatic carbocycles. The second-order valence-electron chi connectivity index (χ2n) is 6.48. The van der Waals surface area contributed by atoms with Gasteiger partial charge in [0.15, 0.2) is 0 Å². The summed E-state index contributed by atoms with van der Waals surface area (Å²) in [7, 11) is 1.55. The van der Waals surface area contributed by atoms with E-state index in [1.165, 1.54) is 10.7 Å². The molecule has 0 saturated heterocycles. The topological polar surface area (TPSA) is 84.3 Å².